The van der Waals surface area contributed by atoms with Gasteiger partial charge in [0, 0.05) is 0 Å². The minimum atomic E-state index is -4.67. The maximum atomic E-state index is 10.1. The molecule has 86 valence electrons. The van der Waals surface area contributed by atoms with Gasteiger partial charge in [-0.3, -0.25) is 24.3 Å². The van der Waals surface area contributed by atoms with Crippen LogP contribution in [0.25, 0.3) is 0 Å². The number of nitrogen functional groups attached to an aromatic ring is 2. The van der Waals surface area contributed by atoms with Crippen LogP contribution in [0, 0.1) is 10.1 Å². The summed E-state index contributed by atoms with van der Waals surface area (Å²) in [6.07, 6.45) is 0. The highest BCUT2D eigenvalue weighted by atomic mass is 32.3. The third-order valence-corrected chi connectivity index (χ3v) is 0.977. The number of aromatic amines is 1. The molecule has 0 atom stereocenters. The molecule has 0 saturated carbocycles. The molecule has 1 rings (SSSR count). The predicted octanol–water partition coefficient (Wildman–Crippen LogP) is -1.17. The number of H-pyrrole nitrogens is 1. The van der Waals surface area contributed by atoms with Gasteiger partial charge in [0.15, 0.2) is 0 Å². The van der Waals surface area contributed by atoms with E-state index in [4.69, 9.17) is 29.0 Å². The van der Waals surface area contributed by atoms with E-state index in [0.717, 1.165) is 0 Å². The van der Waals surface area contributed by atoms with Crippen LogP contribution in [0.2, 0.25) is 0 Å². The largest absolute Gasteiger partial charge is 0.394 e. The SMILES string of the molecule is Nc1n[nH]c(N)c1[N+](=O)[O-].O=S(=O)(O)O. The molecule has 12 heteroatoms. The van der Waals surface area contributed by atoms with Crippen LogP contribution < -0.4 is 11.5 Å². The lowest BCUT2D eigenvalue weighted by Crippen LogP contribution is -1.95. The van der Waals surface area contributed by atoms with Crippen molar-refractivity contribution in [3.63, 3.8) is 0 Å². The van der Waals surface area contributed by atoms with Gasteiger partial charge in [-0.25, -0.2) is 0 Å². The van der Waals surface area contributed by atoms with Crippen molar-refractivity contribution in [2.24, 2.45) is 0 Å². The third kappa shape index (κ3) is 5.40. The molecule has 0 radical (unpaired) electrons. The van der Waals surface area contributed by atoms with Crippen LogP contribution >= 0.6 is 0 Å². The number of aromatic nitrogens is 2. The Kier molecular flexibility index (Phi) is 3.96. The predicted molar refractivity (Wildman–Crippen MR) is 48.2 cm³/mol. The Hall–Kier alpha value is -1.92. The normalized spacial score (nSPS) is 10.3. The molecule has 0 unspecified atom stereocenters. The summed E-state index contributed by atoms with van der Waals surface area (Å²) < 4.78 is 31.6. The molecule has 0 amide bonds. The molecule has 0 saturated heterocycles. The van der Waals surface area contributed by atoms with Crippen LogP contribution in [0.1, 0.15) is 0 Å². The number of anilines is 2. The Balaban J connectivity index is 0.000000336. The number of nitrogens with two attached hydrogens (primary N) is 2. The Bertz CT molecular complexity index is 422. The van der Waals surface area contributed by atoms with Crippen molar-refractivity contribution in [2.75, 3.05) is 11.5 Å². The maximum Gasteiger partial charge on any atom is 0.394 e. The summed E-state index contributed by atoms with van der Waals surface area (Å²) in [6.45, 7) is 0. The van der Waals surface area contributed by atoms with Gasteiger partial charge in [-0.05, 0) is 0 Å². The van der Waals surface area contributed by atoms with Crippen molar-refractivity contribution in [1.82, 2.24) is 10.2 Å². The molecular weight excluding hydrogens is 234 g/mol. The minimum absolute atomic E-state index is 0.123. The summed E-state index contributed by atoms with van der Waals surface area (Å²) >= 11 is 0. The lowest BCUT2D eigenvalue weighted by molar-refractivity contribution is -0.382. The number of nitrogens with one attached hydrogen (secondary N) is 1. The van der Waals surface area contributed by atoms with Gasteiger partial charge in [0.25, 0.3) is 0 Å². The van der Waals surface area contributed by atoms with Gasteiger partial charge in [-0.2, -0.15) is 8.42 Å². The summed E-state index contributed by atoms with van der Waals surface area (Å²) in [5.74, 6) is -0.315. The number of nitro groups is 1. The van der Waals surface area contributed by atoms with E-state index in [1.54, 1.807) is 0 Å². The van der Waals surface area contributed by atoms with Crippen molar-refractivity contribution >= 4 is 27.7 Å². The fraction of sp³-hybridized carbons (Fsp3) is 0. The zero-order chi connectivity index (χ0) is 12.2. The maximum absolute atomic E-state index is 10.1. The summed E-state index contributed by atoms with van der Waals surface area (Å²) in [6, 6.07) is 0. The van der Waals surface area contributed by atoms with Crippen LogP contribution in [-0.2, 0) is 10.4 Å². The number of nitrogens with zero attached hydrogens (tertiary/aromatic N) is 2. The summed E-state index contributed by atoms with van der Waals surface area (Å²) in [5, 5.41) is 15.6. The van der Waals surface area contributed by atoms with E-state index in [-0.39, 0.29) is 17.3 Å². The summed E-state index contributed by atoms with van der Waals surface area (Å²) in [4.78, 5) is 9.40. The molecule has 0 spiro atoms. The average Bonchev–Trinajstić information content (AvgIpc) is 2.26. The molecule has 0 fully saturated rings. The highest BCUT2D eigenvalue weighted by Gasteiger charge is 2.19. The lowest BCUT2D eigenvalue weighted by Gasteiger charge is -1.85. The first-order chi connectivity index (χ1) is 6.63. The molecule has 15 heavy (non-hydrogen) atoms. The fourth-order valence-corrected chi connectivity index (χ4v) is 0.556. The molecule has 0 aliphatic carbocycles. The molecule has 1 aromatic rings. The lowest BCUT2D eigenvalue weighted by atomic mass is 10.5. The summed E-state index contributed by atoms with van der Waals surface area (Å²) in [7, 11) is -4.67. The van der Waals surface area contributed by atoms with Crippen LogP contribution in [-0.4, -0.2) is 32.6 Å². The summed E-state index contributed by atoms with van der Waals surface area (Å²) in [5.41, 5.74) is 9.82. The van der Waals surface area contributed by atoms with Gasteiger partial charge in [-0.1, -0.05) is 0 Å². The Morgan fingerprint density at radius 1 is 1.40 bits per heavy atom. The first-order valence-corrected chi connectivity index (χ1v) is 4.46. The van der Waals surface area contributed by atoms with Gasteiger partial charge >= 0.3 is 16.1 Å². The molecule has 0 aliphatic heterocycles. The standard InChI is InChI=1S/C3H5N5O2.H2O4S/c4-2-1(8(9)10)3(5)7-6-2;1-5(2,3)4/h(H5,4,5,6,7);(H2,1,2,3,4). The number of rotatable bonds is 1. The first-order valence-electron chi connectivity index (χ1n) is 3.06. The molecular formula is C3H7N5O6S. The molecule has 1 heterocycles. The van der Waals surface area contributed by atoms with Gasteiger partial charge in [-0.15, -0.1) is 5.10 Å². The zero-order valence-corrected chi connectivity index (χ0v) is 7.80. The Labute approximate surface area is 82.8 Å². The van der Waals surface area contributed by atoms with E-state index in [1.807, 2.05) is 0 Å². The highest BCUT2D eigenvalue weighted by Crippen LogP contribution is 2.23. The molecule has 7 N–H and O–H groups in total. The van der Waals surface area contributed by atoms with Crippen molar-refractivity contribution in [2.45, 2.75) is 0 Å². The zero-order valence-electron chi connectivity index (χ0n) is 6.98. The van der Waals surface area contributed by atoms with Crippen LogP contribution in [0.5, 0.6) is 0 Å². The molecule has 0 bridgehead atoms. The van der Waals surface area contributed by atoms with Crippen molar-refractivity contribution in [3.05, 3.63) is 10.1 Å². The monoisotopic (exact) mass is 241 g/mol. The van der Waals surface area contributed by atoms with E-state index >= 15 is 0 Å². The van der Waals surface area contributed by atoms with Crippen molar-refractivity contribution in [1.29, 1.82) is 0 Å². The first kappa shape index (κ1) is 13.1. The average molecular weight is 241 g/mol. The molecule has 0 aromatic carbocycles. The highest BCUT2D eigenvalue weighted by molar-refractivity contribution is 7.79. The quantitative estimate of drug-likeness (QED) is 0.228. The van der Waals surface area contributed by atoms with Gasteiger partial charge < -0.3 is 11.5 Å². The van der Waals surface area contributed by atoms with Crippen molar-refractivity contribution < 1.29 is 22.4 Å². The van der Waals surface area contributed by atoms with E-state index < -0.39 is 15.3 Å². The van der Waals surface area contributed by atoms with E-state index in [2.05, 4.69) is 10.2 Å². The van der Waals surface area contributed by atoms with Gasteiger partial charge in [0.1, 0.15) is 0 Å². The molecule has 0 aliphatic rings. The second kappa shape index (κ2) is 4.54. The van der Waals surface area contributed by atoms with Crippen LogP contribution in [0.15, 0.2) is 0 Å². The van der Waals surface area contributed by atoms with Crippen LogP contribution in [0.4, 0.5) is 17.3 Å². The second-order valence-electron chi connectivity index (χ2n) is 2.08. The number of hydrogen-bond acceptors (Lipinski definition) is 7. The van der Waals surface area contributed by atoms with E-state index in [0.29, 0.717) is 0 Å². The van der Waals surface area contributed by atoms with Gasteiger partial charge in [0.2, 0.25) is 11.6 Å². The molecule has 1 aromatic heterocycles. The fourth-order valence-electron chi connectivity index (χ4n) is 0.556. The third-order valence-electron chi connectivity index (χ3n) is 0.977. The van der Waals surface area contributed by atoms with Gasteiger partial charge in [0.05, 0.1) is 4.92 Å². The Morgan fingerprint density at radius 2 is 1.80 bits per heavy atom. The van der Waals surface area contributed by atoms with Crippen LogP contribution in [0.3, 0.4) is 0 Å². The second-order valence-corrected chi connectivity index (χ2v) is 2.97. The minimum Gasteiger partial charge on any atom is -0.378 e. The number of hydrogen-bond donors (Lipinski definition) is 5. The van der Waals surface area contributed by atoms with Crippen molar-refractivity contribution in [3.8, 4) is 0 Å². The topological polar surface area (TPSA) is 198 Å². The Morgan fingerprint density at radius 3 is 1.93 bits per heavy atom. The molecule has 11 nitrogen and oxygen atoms in total. The van der Waals surface area contributed by atoms with E-state index in [1.165, 1.54) is 0 Å². The smallest absolute Gasteiger partial charge is 0.378 e. The van der Waals surface area contributed by atoms with E-state index in [9.17, 15) is 10.1 Å².